The molecule has 0 spiro atoms. The third kappa shape index (κ3) is 4.74. The lowest BCUT2D eigenvalue weighted by Gasteiger charge is -2.28. The van der Waals surface area contributed by atoms with Crippen LogP contribution < -0.4 is 9.64 Å². The van der Waals surface area contributed by atoms with E-state index in [0.717, 1.165) is 61.0 Å². The topological polar surface area (TPSA) is 52.4 Å². The van der Waals surface area contributed by atoms with E-state index in [-0.39, 0.29) is 0 Å². The van der Waals surface area contributed by atoms with E-state index >= 15 is 0 Å². The van der Waals surface area contributed by atoms with Gasteiger partial charge in [0.25, 0.3) is 0 Å². The van der Waals surface area contributed by atoms with Gasteiger partial charge in [-0.1, -0.05) is 41.6 Å². The standard InChI is InChI=1S/C22H26N4O2S/c1-17-3-7-19(8-4-17)26-21(25-12-14-28-15-13-25)23-24-22(26)29-16-11-18-5-9-20(27-2)10-6-18/h3-10H,11-16H2,1-2H3. The van der Waals surface area contributed by atoms with Crippen LogP contribution in [-0.2, 0) is 11.2 Å². The number of rotatable bonds is 7. The van der Waals surface area contributed by atoms with Gasteiger partial charge in [0.1, 0.15) is 5.75 Å². The Bertz CT molecular complexity index is 919. The van der Waals surface area contributed by atoms with Crippen molar-refractivity contribution < 1.29 is 9.47 Å². The molecule has 6 nitrogen and oxygen atoms in total. The molecule has 0 bridgehead atoms. The lowest BCUT2D eigenvalue weighted by molar-refractivity contribution is 0.122. The summed E-state index contributed by atoms with van der Waals surface area (Å²) in [6.07, 6.45) is 0.961. The van der Waals surface area contributed by atoms with Crippen LogP contribution in [0, 0.1) is 6.92 Å². The van der Waals surface area contributed by atoms with Gasteiger partial charge >= 0.3 is 0 Å². The van der Waals surface area contributed by atoms with Gasteiger partial charge in [-0.25, -0.2) is 0 Å². The number of aryl methyl sites for hydroxylation is 2. The lowest BCUT2D eigenvalue weighted by Crippen LogP contribution is -2.37. The third-order valence-electron chi connectivity index (χ3n) is 4.98. The van der Waals surface area contributed by atoms with Crippen molar-refractivity contribution in [1.29, 1.82) is 0 Å². The molecular formula is C22H26N4O2S. The van der Waals surface area contributed by atoms with Crippen molar-refractivity contribution in [3.05, 3.63) is 59.7 Å². The number of ether oxygens (including phenoxy) is 2. The maximum Gasteiger partial charge on any atom is 0.232 e. The van der Waals surface area contributed by atoms with E-state index < -0.39 is 0 Å². The van der Waals surface area contributed by atoms with Crippen LogP contribution in [-0.4, -0.2) is 53.9 Å². The van der Waals surface area contributed by atoms with Crippen LogP contribution in [0.3, 0.4) is 0 Å². The second-order valence-electron chi connectivity index (χ2n) is 7.00. The second-order valence-corrected chi connectivity index (χ2v) is 8.06. The Kier molecular flexibility index (Phi) is 6.36. The number of hydrogen-bond acceptors (Lipinski definition) is 6. The van der Waals surface area contributed by atoms with Gasteiger partial charge in [0, 0.05) is 18.8 Å². The minimum atomic E-state index is 0.723. The molecule has 1 aliphatic rings. The summed E-state index contributed by atoms with van der Waals surface area (Å²) in [7, 11) is 1.69. The highest BCUT2D eigenvalue weighted by Gasteiger charge is 2.21. The highest BCUT2D eigenvalue weighted by atomic mass is 32.2. The van der Waals surface area contributed by atoms with E-state index in [4.69, 9.17) is 9.47 Å². The van der Waals surface area contributed by atoms with Crippen molar-refractivity contribution in [2.24, 2.45) is 0 Å². The smallest absolute Gasteiger partial charge is 0.232 e. The molecule has 0 radical (unpaired) electrons. The van der Waals surface area contributed by atoms with E-state index in [1.165, 1.54) is 11.1 Å². The molecule has 152 valence electrons. The molecular weight excluding hydrogens is 384 g/mol. The third-order valence-corrected chi connectivity index (χ3v) is 5.91. The van der Waals surface area contributed by atoms with Gasteiger partial charge in [-0.2, -0.15) is 0 Å². The number of anilines is 1. The van der Waals surface area contributed by atoms with Crippen molar-refractivity contribution in [3.63, 3.8) is 0 Å². The Labute approximate surface area is 175 Å². The summed E-state index contributed by atoms with van der Waals surface area (Å²) in [6, 6.07) is 16.8. The molecule has 2 aromatic carbocycles. The van der Waals surface area contributed by atoms with Crippen molar-refractivity contribution in [2.75, 3.05) is 44.1 Å². The van der Waals surface area contributed by atoms with E-state index in [2.05, 4.69) is 63.0 Å². The number of thioether (sulfide) groups is 1. The fourth-order valence-electron chi connectivity index (χ4n) is 3.30. The number of hydrogen-bond donors (Lipinski definition) is 0. The van der Waals surface area contributed by atoms with Crippen molar-refractivity contribution in [2.45, 2.75) is 18.5 Å². The molecule has 1 aliphatic heterocycles. The van der Waals surface area contributed by atoms with Crippen LogP contribution in [0.1, 0.15) is 11.1 Å². The SMILES string of the molecule is COc1ccc(CCSc2nnc(N3CCOCC3)n2-c2ccc(C)cc2)cc1. The maximum atomic E-state index is 5.51. The Morgan fingerprint density at radius 1 is 1.00 bits per heavy atom. The molecule has 1 fully saturated rings. The Hall–Kier alpha value is -2.51. The minimum absolute atomic E-state index is 0.723. The van der Waals surface area contributed by atoms with Gasteiger partial charge in [0.05, 0.1) is 26.0 Å². The van der Waals surface area contributed by atoms with E-state index in [0.29, 0.717) is 0 Å². The van der Waals surface area contributed by atoms with Crippen molar-refractivity contribution in [3.8, 4) is 11.4 Å². The molecule has 0 N–H and O–H groups in total. The van der Waals surface area contributed by atoms with E-state index in [1.54, 1.807) is 18.9 Å². The Morgan fingerprint density at radius 2 is 1.72 bits per heavy atom. The molecule has 0 amide bonds. The van der Waals surface area contributed by atoms with Crippen molar-refractivity contribution in [1.82, 2.24) is 14.8 Å². The summed E-state index contributed by atoms with van der Waals surface area (Å²) in [5.74, 6) is 2.71. The molecule has 2 heterocycles. The van der Waals surface area contributed by atoms with Gasteiger partial charge in [-0.15, -0.1) is 10.2 Å². The average Bonchev–Trinajstić information content (AvgIpc) is 3.19. The molecule has 1 aromatic heterocycles. The van der Waals surface area contributed by atoms with Crippen LogP contribution >= 0.6 is 11.8 Å². The number of morpholine rings is 1. The summed E-state index contributed by atoms with van der Waals surface area (Å²) < 4.78 is 12.9. The first-order valence-corrected chi connectivity index (χ1v) is 10.8. The second kappa shape index (κ2) is 9.33. The number of aromatic nitrogens is 3. The number of nitrogens with zero attached hydrogens (tertiary/aromatic N) is 4. The van der Waals surface area contributed by atoms with Crippen LogP contribution in [0.25, 0.3) is 5.69 Å². The molecule has 29 heavy (non-hydrogen) atoms. The molecule has 0 atom stereocenters. The molecule has 0 aliphatic carbocycles. The van der Waals surface area contributed by atoms with Gasteiger partial charge < -0.3 is 14.4 Å². The fraction of sp³-hybridized carbons (Fsp3) is 0.364. The quantitative estimate of drug-likeness (QED) is 0.553. The predicted molar refractivity (Wildman–Crippen MR) is 117 cm³/mol. The summed E-state index contributed by atoms with van der Waals surface area (Å²) >= 11 is 1.74. The van der Waals surface area contributed by atoms with E-state index in [1.807, 2.05) is 12.1 Å². The number of methoxy groups -OCH3 is 1. The van der Waals surface area contributed by atoms with Gasteiger partial charge in [-0.3, -0.25) is 4.57 Å². The van der Waals surface area contributed by atoms with Crippen LogP contribution in [0.5, 0.6) is 5.75 Å². The van der Waals surface area contributed by atoms with E-state index in [9.17, 15) is 0 Å². The van der Waals surface area contributed by atoms with Crippen LogP contribution in [0.15, 0.2) is 53.7 Å². The summed E-state index contributed by atoms with van der Waals surface area (Å²) in [6.45, 7) is 5.21. The summed E-state index contributed by atoms with van der Waals surface area (Å²) in [5, 5.41) is 9.98. The summed E-state index contributed by atoms with van der Waals surface area (Å²) in [5.41, 5.74) is 3.62. The molecule has 0 saturated carbocycles. The summed E-state index contributed by atoms with van der Waals surface area (Å²) in [4.78, 5) is 2.25. The Balaban J connectivity index is 1.53. The monoisotopic (exact) mass is 410 g/mol. The molecule has 0 unspecified atom stereocenters. The Morgan fingerprint density at radius 3 is 2.41 bits per heavy atom. The molecule has 4 rings (SSSR count). The first-order chi connectivity index (χ1) is 14.2. The molecule has 7 heteroatoms. The van der Waals surface area contributed by atoms with Crippen LogP contribution in [0.4, 0.5) is 5.95 Å². The molecule has 3 aromatic rings. The van der Waals surface area contributed by atoms with Gasteiger partial charge in [-0.05, 0) is 43.2 Å². The first-order valence-electron chi connectivity index (χ1n) is 9.85. The zero-order valence-corrected chi connectivity index (χ0v) is 17.7. The zero-order chi connectivity index (χ0) is 20.1. The minimum Gasteiger partial charge on any atom is -0.497 e. The largest absolute Gasteiger partial charge is 0.497 e. The van der Waals surface area contributed by atoms with Gasteiger partial charge in [0.15, 0.2) is 5.16 Å². The average molecular weight is 411 g/mol. The van der Waals surface area contributed by atoms with Crippen LogP contribution in [0.2, 0.25) is 0 Å². The lowest BCUT2D eigenvalue weighted by atomic mass is 10.2. The molecule has 1 saturated heterocycles. The highest BCUT2D eigenvalue weighted by Crippen LogP contribution is 2.28. The maximum absolute atomic E-state index is 5.51. The first kappa shape index (κ1) is 19.8. The normalized spacial score (nSPS) is 14.2. The number of benzene rings is 2. The fourth-order valence-corrected chi connectivity index (χ4v) is 4.23. The van der Waals surface area contributed by atoms with Crippen molar-refractivity contribution >= 4 is 17.7 Å². The highest BCUT2D eigenvalue weighted by molar-refractivity contribution is 7.99. The van der Waals surface area contributed by atoms with Gasteiger partial charge in [0.2, 0.25) is 5.95 Å². The predicted octanol–water partition coefficient (Wildman–Crippen LogP) is 3.76. The zero-order valence-electron chi connectivity index (χ0n) is 16.9.